The molecule has 2 fully saturated rings. The maximum absolute atomic E-state index is 14.0. The monoisotopic (exact) mass is 470 g/mol. The van der Waals surface area contributed by atoms with Gasteiger partial charge in [-0.15, -0.1) is 0 Å². The molecular weight excluding hydrogens is 447 g/mol. The lowest BCUT2D eigenvalue weighted by atomic mass is 9.82. The summed E-state index contributed by atoms with van der Waals surface area (Å²) >= 11 is 3.28. The molecule has 3 rings (SSSR count). The van der Waals surface area contributed by atoms with E-state index in [2.05, 4.69) is 26.7 Å². The highest BCUT2D eigenvalue weighted by Crippen LogP contribution is 2.33. The molecule has 1 aliphatic carbocycles. The van der Waals surface area contributed by atoms with Crippen molar-refractivity contribution in [3.05, 3.63) is 34.1 Å². The number of benzene rings is 1. The lowest BCUT2D eigenvalue weighted by molar-refractivity contribution is -0.140. The van der Waals surface area contributed by atoms with Crippen molar-refractivity contribution >= 4 is 33.8 Å². The molecule has 2 aliphatic rings. The number of carbonyl (C=O) groups excluding carboxylic acids is 3. The zero-order chi connectivity index (χ0) is 21.0. The molecule has 29 heavy (non-hydrogen) atoms. The summed E-state index contributed by atoms with van der Waals surface area (Å²) in [5.41, 5.74) is 1.79. The Labute approximate surface area is 176 Å². The van der Waals surface area contributed by atoms with Crippen LogP contribution >= 0.6 is 15.9 Å². The van der Waals surface area contributed by atoms with Crippen LogP contribution in [-0.2, 0) is 16.1 Å². The summed E-state index contributed by atoms with van der Waals surface area (Å²) in [7, 11) is 0. The Morgan fingerprint density at radius 3 is 2.72 bits per heavy atom. The third-order valence-corrected chi connectivity index (χ3v) is 5.78. The van der Waals surface area contributed by atoms with Crippen LogP contribution < -0.4 is 10.7 Å². The van der Waals surface area contributed by atoms with Crippen molar-refractivity contribution in [1.29, 1.82) is 0 Å². The van der Waals surface area contributed by atoms with Gasteiger partial charge in [0.1, 0.15) is 11.4 Å². The highest BCUT2D eigenvalue weighted by molar-refractivity contribution is 9.10. The Kier molecular flexibility index (Phi) is 6.86. The Bertz CT molecular complexity index is 800. The van der Waals surface area contributed by atoms with Crippen LogP contribution in [0.5, 0.6) is 0 Å². The minimum atomic E-state index is -0.924. The van der Waals surface area contributed by atoms with Gasteiger partial charge in [0.05, 0.1) is 13.2 Å². The molecule has 0 aromatic heterocycles. The first-order chi connectivity index (χ1) is 13.8. The molecule has 1 spiro atoms. The average Bonchev–Trinajstić information content (AvgIpc) is 2.89. The summed E-state index contributed by atoms with van der Waals surface area (Å²) in [5.74, 6) is -1.46. The molecule has 1 heterocycles. The molecule has 1 saturated heterocycles. The van der Waals surface area contributed by atoms with Crippen molar-refractivity contribution < 1.29 is 23.9 Å². The number of aliphatic hydroxyl groups is 1. The van der Waals surface area contributed by atoms with Gasteiger partial charge in [0.25, 0.3) is 11.8 Å². The molecule has 0 bridgehead atoms. The summed E-state index contributed by atoms with van der Waals surface area (Å²) in [6, 6.07) is 3.84. The lowest BCUT2D eigenvalue weighted by Gasteiger charge is -2.30. The van der Waals surface area contributed by atoms with E-state index in [0.29, 0.717) is 22.9 Å². The summed E-state index contributed by atoms with van der Waals surface area (Å²) in [4.78, 5) is 39.0. The van der Waals surface area contributed by atoms with E-state index in [1.807, 2.05) is 0 Å². The van der Waals surface area contributed by atoms with Crippen LogP contribution in [0.2, 0.25) is 0 Å². The van der Waals surface area contributed by atoms with Crippen LogP contribution in [0.1, 0.15) is 37.7 Å². The molecule has 0 unspecified atom stereocenters. The van der Waals surface area contributed by atoms with E-state index in [4.69, 9.17) is 0 Å². The van der Waals surface area contributed by atoms with Crippen LogP contribution in [0.15, 0.2) is 22.7 Å². The van der Waals surface area contributed by atoms with E-state index in [-0.39, 0.29) is 26.2 Å². The molecule has 4 amide bonds. The van der Waals surface area contributed by atoms with Gasteiger partial charge in [0.15, 0.2) is 0 Å². The summed E-state index contributed by atoms with van der Waals surface area (Å²) in [5, 5.41) is 12.7. The summed E-state index contributed by atoms with van der Waals surface area (Å²) in [6.07, 6.45) is 3.82. The van der Waals surface area contributed by atoms with Gasteiger partial charge in [-0.3, -0.25) is 19.9 Å². The van der Waals surface area contributed by atoms with Gasteiger partial charge >= 0.3 is 6.03 Å². The number of nitrogens with one attached hydrogen (secondary N) is 2. The van der Waals surface area contributed by atoms with Crippen LogP contribution in [0.4, 0.5) is 9.18 Å². The second-order valence-electron chi connectivity index (χ2n) is 7.42. The highest BCUT2D eigenvalue weighted by Gasteiger charge is 2.52. The molecular formula is C19H24BrFN4O4. The van der Waals surface area contributed by atoms with Gasteiger partial charge in [0.2, 0.25) is 0 Å². The second kappa shape index (κ2) is 9.19. The summed E-state index contributed by atoms with van der Waals surface area (Å²) < 4.78 is 14.7. The molecule has 1 aromatic carbocycles. The SMILES string of the molecule is O=C(CN(CCO)Cc1cc(Br)ccc1F)NN1C(=O)NC2(CCCCC2)C1=O. The number of aliphatic hydroxyl groups excluding tert-OH is 1. The number of rotatable bonds is 7. The van der Waals surface area contributed by atoms with Crippen molar-refractivity contribution in [2.24, 2.45) is 0 Å². The number of imide groups is 1. The zero-order valence-corrected chi connectivity index (χ0v) is 17.5. The third kappa shape index (κ3) is 4.93. The Balaban J connectivity index is 1.63. The highest BCUT2D eigenvalue weighted by atomic mass is 79.9. The van der Waals surface area contributed by atoms with Gasteiger partial charge in [-0.25, -0.2) is 9.18 Å². The first-order valence-electron chi connectivity index (χ1n) is 9.58. The largest absolute Gasteiger partial charge is 0.395 e. The Hall–Kier alpha value is -2.04. The predicted molar refractivity (Wildman–Crippen MR) is 106 cm³/mol. The first kappa shape index (κ1) is 21.7. The second-order valence-corrected chi connectivity index (χ2v) is 8.33. The van der Waals surface area contributed by atoms with Crippen LogP contribution in [-0.4, -0.2) is 58.1 Å². The molecule has 1 aliphatic heterocycles. The number of amides is 4. The van der Waals surface area contributed by atoms with Crippen molar-refractivity contribution in [2.75, 3.05) is 19.7 Å². The Morgan fingerprint density at radius 1 is 1.31 bits per heavy atom. The Morgan fingerprint density at radius 2 is 2.03 bits per heavy atom. The first-order valence-corrected chi connectivity index (χ1v) is 10.4. The van der Waals surface area contributed by atoms with Gasteiger partial charge < -0.3 is 10.4 Å². The fourth-order valence-corrected chi connectivity index (χ4v) is 4.25. The number of hydrazine groups is 1. The van der Waals surface area contributed by atoms with E-state index in [0.717, 1.165) is 24.3 Å². The van der Waals surface area contributed by atoms with Crippen molar-refractivity contribution in [3.63, 3.8) is 0 Å². The topological polar surface area (TPSA) is 102 Å². The maximum atomic E-state index is 14.0. The molecule has 1 aromatic rings. The number of hydrogen-bond acceptors (Lipinski definition) is 5. The number of halogens is 2. The molecule has 0 atom stereocenters. The average molecular weight is 471 g/mol. The lowest BCUT2D eigenvalue weighted by Crippen LogP contribution is -2.52. The van der Waals surface area contributed by atoms with Crippen LogP contribution in [0, 0.1) is 5.82 Å². The quantitative estimate of drug-likeness (QED) is 0.526. The smallest absolute Gasteiger partial charge is 0.344 e. The fraction of sp³-hybridized carbons (Fsp3) is 0.526. The molecule has 8 nitrogen and oxygen atoms in total. The summed E-state index contributed by atoms with van der Waals surface area (Å²) in [6.45, 7) is -0.224. The standard InChI is InChI=1S/C19H24BrFN4O4/c20-14-4-5-15(21)13(10-14)11-24(8-9-26)12-16(27)23-25-17(28)19(22-18(25)29)6-2-1-3-7-19/h4-5,10,26H,1-3,6-9,11-12H2,(H,22,29)(H,23,27). The molecule has 0 radical (unpaired) electrons. The van der Waals surface area contributed by atoms with Gasteiger partial charge in [-0.1, -0.05) is 35.2 Å². The van der Waals surface area contributed by atoms with Crippen molar-refractivity contribution in [2.45, 2.75) is 44.2 Å². The number of urea groups is 1. The number of hydrogen-bond donors (Lipinski definition) is 3. The van der Waals surface area contributed by atoms with E-state index in [1.54, 1.807) is 12.1 Å². The molecule has 158 valence electrons. The van der Waals surface area contributed by atoms with Gasteiger partial charge in [-0.2, -0.15) is 5.01 Å². The van der Waals surface area contributed by atoms with Crippen molar-refractivity contribution in [1.82, 2.24) is 20.7 Å². The van der Waals surface area contributed by atoms with E-state index in [9.17, 15) is 23.9 Å². The van der Waals surface area contributed by atoms with Crippen LogP contribution in [0.3, 0.4) is 0 Å². The predicted octanol–water partition coefficient (Wildman–Crippen LogP) is 1.67. The zero-order valence-electron chi connectivity index (χ0n) is 15.9. The fourth-order valence-electron chi connectivity index (χ4n) is 3.84. The van der Waals surface area contributed by atoms with Crippen molar-refractivity contribution in [3.8, 4) is 0 Å². The van der Waals surface area contributed by atoms with E-state index in [1.165, 1.54) is 11.0 Å². The molecule has 1 saturated carbocycles. The van der Waals surface area contributed by atoms with E-state index < -0.39 is 29.2 Å². The van der Waals surface area contributed by atoms with Crippen LogP contribution in [0.25, 0.3) is 0 Å². The third-order valence-electron chi connectivity index (χ3n) is 5.29. The number of carbonyl (C=O) groups is 3. The molecule has 3 N–H and O–H groups in total. The maximum Gasteiger partial charge on any atom is 0.344 e. The molecule has 10 heteroatoms. The van der Waals surface area contributed by atoms with Gasteiger partial charge in [-0.05, 0) is 31.0 Å². The number of nitrogens with zero attached hydrogens (tertiary/aromatic N) is 2. The minimum absolute atomic E-state index is 0.0866. The van der Waals surface area contributed by atoms with E-state index >= 15 is 0 Å². The normalized spacial score (nSPS) is 18.4. The minimum Gasteiger partial charge on any atom is -0.395 e. The van der Waals surface area contributed by atoms with Gasteiger partial charge in [0, 0.05) is 23.1 Å².